The SMILES string of the molecule is Nc1cc([N+](=O)[O-])cc(Oc2cncc(Cl)c2)n1. The first-order valence-electron chi connectivity index (χ1n) is 4.75. The molecule has 0 fully saturated rings. The lowest BCUT2D eigenvalue weighted by Gasteiger charge is -2.05. The maximum Gasteiger partial charge on any atom is 0.278 e. The van der Waals surface area contributed by atoms with Gasteiger partial charge in [-0.25, -0.2) is 0 Å². The van der Waals surface area contributed by atoms with E-state index >= 15 is 0 Å². The molecule has 2 N–H and O–H groups in total. The zero-order valence-electron chi connectivity index (χ0n) is 8.91. The fourth-order valence-corrected chi connectivity index (χ4v) is 1.40. The molecule has 0 bridgehead atoms. The minimum Gasteiger partial charge on any atom is -0.437 e. The zero-order chi connectivity index (χ0) is 13.1. The van der Waals surface area contributed by atoms with E-state index in [1.54, 1.807) is 0 Å². The summed E-state index contributed by atoms with van der Waals surface area (Å²) in [5, 5.41) is 11.0. The van der Waals surface area contributed by atoms with Gasteiger partial charge in [0.15, 0.2) is 0 Å². The predicted octanol–water partition coefficient (Wildman–Crippen LogP) is 2.41. The van der Waals surface area contributed by atoms with Gasteiger partial charge in [-0.1, -0.05) is 11.6 Å². The van der Waals surface area contributed by atoms with Crippen LogP contribution >= 0.6 is 11.6 Å². The number of rotatable bonds is 3. The van der Waals surface area contributed by atoms with Crippen LogP contribution in [0.5, 0.6) is 11.6 Å². The Hall–Kier alpha value is -2.41. The highest BCUT2D eigenvalue weighted by Crippen LogP contribution is 2.26. The van der Waals surface area contributed by atoms with E-state index in [2.05, 4.69) is 9.97 Å². The third-order valence-corrected chi connectivity index (χ3v) is 2.13. The summed E-state index contributed by atoms with van der Waals surface area (Å²) in [7, 11) is 0. The molecule has 2 aromatic heterocycles. The number of hydrogen-bond donors (Lipinski definition) is 1. The highest BCUT2D eigenvalue weighted by molar-refractivity contribution is 6.30. The first-order valence-corrected chi connectivity index (χ1v) is 5.13. The molecule has 0 aliphatic carbocycles. The van der Waals surface area contributed by atoms with E-state index in [-0.39, 0.29) is 17.4 Å². The number of ether oxygens (including phenoxy) is 1. The van der Waals surface area contributed by atoms with Gasteiger partial charge >= 0.3 is 0 Å². The molecule has 0 spiro atoms. The summed E-state index contributed by atoms with van der Waals surface area (Å²) in [6.45, 7) is 0. The molecule has 0 radical (unpaired) electrons. The number of nitrogens with zero attached hydrogens (tertiary/aromatic N) is 3. The molecule has 2 rings (SSSR count). The van der Waals surface area contributed by atoms with Crippen LogP contribution in [0.2, 0.25) is 5.02 Å². The Bertz CT molecular complexity index is 605. The predicted molar refractivity (Wildman–Crippen MR) is 64.6 cm³/mol. The number of pyridine rings is 2. The standard InChI is InChI=1S/C10H7ClN4O3/c11-6-1-8(5-13-4-6)18-10-3-7(15(16)17)2-9(12)14-10/h1-5H,(H2,12,14). The molecule has 92 valence electrons. The van der Waals surface area contributed by atoms with Crippen LogP contribution < -0.4 is 10.5 Å². The average Bonchev–Trinajstić information content (AvgIpc) is 2.28. The largest absolute Gasteiger partial charge is 0.437 e. The third-order valence-electron chi connectivity index (χ3n) is 1.92. The average molecular weight is 267 g/mol. The summed E-state index contributed by atoms with van der Waals surface area (Å²) in [5.41, 5.74) is 5.24. The summed E-state index contributed by atoms with van der Waals surface area (Å²) in [6.07, 6.45) is 2.84. The maximum atomic E-state index is 10.6. The Balaban J connectivity index is 2.31. The molecule has 0 aliphatic heterocycles. The quantitative estimate of drug-likeness (QED) is 0.676. The summed E-state index contributed by atoms with van der Waals surface area (Å²) in [4.78, 5) is 17.7. The molecule has 2 aromatic rings. The van der Waals surface area contributed by atoms with Crippen molar-refractivity contribution in [2.24, 2.45) is 0 Å². The Kier molecular flexibility index (Phi) is 3.24. The summed E-state index contributed by atoms with van der Waals surface area (Å²) in [6, 6.07) is 3.81. The van der Waals surface area contributed by atoms with Gasteiger partial charge in [0.05, 0.1) is 28.3 Å². The van der Waals surface area contributed by atoms with Crippen LogP contribution in [0, 0.1) is 10.1 Å². The summed E-state index contributed by atoms with van der Waals surface area (Å²) in [5.74, 6) is 0.315. The third kappa shape index (κ3) is 2.83. The van der Waals surface area contributed by atoms with Crippen molar-refractivity contribution in [2.75, 3.05) is 5.73 Å². The Labute approximate surface area is 106 Å². The van der Waals surface area contributed by atoms with Crippen LogP contribution in [0.1, 0.15) is 0 Å². The number of nitrogen functional groups attached to an aromatic ring is 1. The molecule has 0 atom stereocenters. The van der Waals surface area contributed by atoms with Gasteiger partial charge < -0.3 is 10.5 Å². The molecular formula is C10H7ClN4O3. The molecule has 0 aliphatic rings. The van der Waals surface area contributed by atoms with E-state index in [0.717, 1.165) is 12.1 Å². The molecule has 0 amide bonds. The van der Waals surface area contributed by atoms with Crippen molar-refractivity contribution in [1.29, 1.82) is 0 Å². The lowest BCUT2D eigenvalue weighted by molar-refractivity contribution is -0.384. The Morgan fingerprint density at radius 3 is 2.78 bits per heavy atom. The Morgan fingerprint density at radius 1 is 1.33 bits per heavy atom. The van der Waals surface area contributed by atoms with Gasteiger partial charge in [0, 0.05) is 12.3 Å². The highest BCUT2D eigenvalue weighted by atomic mass is 35.5. The van der Waals surface area contributed by atoms with E-state index in [0.29, 0.717) is 10.8 Å². The number of nitro groups is 1. The zero-order valence-corrected chi connectivity index (χ0v) is 9.66. The smallest absolute Gasteiger partial charge is 0.278 e. The molecule has 7 nitrogen and oxygen atoms in total. The Morgan fingerprint density at radius 2 is 2.11 bits per heavy atom. The van der Waals surface area contributed by atoms with Gasteiger partial charge in [-0.2, -0.15) is 4.98 Å². The fraction of sp³-hybridized carbons (Fsp3) is 0. The molecule has 2 heterocycles. The maximum absolute atomic E-state index is 10.6. The molecular weight excluding hydrogens is 260 g/mol. The second kappa shape index (κ2) is 4.84. The van der Waals surface area contributed by atoms with Crippen molar-refractivity contribution in [3.05, 3.63) is 45.7 Å². The van der Waals surface area contributed by atoms with Gasteiger partial charge in [-0.3, -0.25) is 15.1 Å². The van der Waals surface area contributed by atoms with Crippen molar-refractivity contribution in [3.63, 3.8) is 0 Å². The molecule has 0 saturated heterocycles. The van der Waals surface area contributed by atoms with Gasteiger partial charge in [0.25, 0.3) is 5.69 Å². The number of nitrogens with two attached hydrogens (primary N) is 1. The van der Waals surface area contributed by atoms with E-state index in [1.165, 1.54) is 18.5 Å². The molecule has 0 aromatic carbocycles. The van der Waals surface area contributed by atoms with Crippen molar-refractivity contribution in [1.82, 2.24) is 9.97 Å². The van der Waals surface area contributed by atoms with Gasteiger partial charge in [-0.15, -0.1) is 0 Å². The van der Waals surface area contributed by atoms with Gasteiger partial charge in [-0.05, 0) is 0 Å². The summed E-state index contributed by atoms with van der Waals surface area (Å²) < 4.78 is 5.29. The monoisotopic (exact) mass is 266 g/mol. The van der Waals surface area contributed by atoms with Crippen LogP contribution in [-0.4, -0.2) is 14.9 Å². The number of anilines is 1. The van der Waals surface area contributed by atoms with E-state index in [1.807, 2.05) is 0 Å². The number of halogens is 1. The first-order chi connectivity index (χ1) is 8.54. The van der Waals surface area contributed by atoms with Crippen molar-refractivity contribution >= 4 is 23.1 Å². The second-order valence-electron chi connectivity index (χ2n) is 3.29. The van der Waals surface area contributed by atoms with Crippen LogP contribution in [-0.2, 0) is 0 Å². The minimum absolute atomic E-state index is 0.00534. The van der Waals surface area contributed by atoms with E-state index < -0.39 is 4.92 Å². The lowest BCUT2D eigenvalue weighted by Crippen LogP contribution is -1.97. The lowest BCUT2D eigenvalue weighted by atomic mass is 10.4. The van der Waals surface area contributed by atoms with Crippen molar-refractivity contribution < 1.29 is 9.66 Å². The number of aromatic nitrogens is 2. The van der Waals surface area contributed by atoms with Crippen LogP contribution in [0.15, 0.2) is 30.6 Å². The topological polar surface area (TPSA) is 104 Å². The fourth-order valence-electron chi connectivity index (χ4n) is 1.24. The van der Waals surface area contributed by atoms with Gasteiger partial charge in [0.2, 0.25) is 5.88 Å². The summed E-state index contributed by atoms with van der Waals surface area (Å²) >= 11 is 5.73. The minimum atomic E-state index is -0.582. The first kappa shape index (κ1) is 12.1. The van der Waals surface area contributed by atoms with Crippen LogP contribution in [0.3, 0.4) is 0 Å². The van der Waals surface area contributed by atoms with Crippen molar-refractivity contribution in [3.8, 4) is 11.6 Å². The second-order valence-corrected chi connectivity index (χ2v) is 3.72. The molecule has 0 unspecified atom stereocenters. The van der Waals surface area contributed by atoms with E-state index in [4.69, 9.17) is 22.1 Å². The van der Waals surface area contributed by atoms with Gasteiger partial charge in [0.1, 0.15) is 11.6 Å². The van der Waals surface area contributed by atoms with Crippen molar-refractivity contribution in [2.45, 2.75) is 0 Å². The van der Waals surface area contributed by atoms with Crippen LogP contribution in [0.25, 0.3) is 0 Å². The number of hydrogen-bond acceptors (Lipinski definition) is 6. The molecule has 0 saturated carbocycles. The van der Waals surface area contributed by atoms with Crippen LogP contribution in [0.4, 0.5) is 11.5 Å². The van der Waals surface area contributed by atoms with E-state index in [9.17, 15) is 10.1 Å². The normalized spacial score (nSPS) is 10.1. The molecule has 18 heavy (non-hydrogen) atoms. The highest BCUT2D eigenvalue weighted by Gasteiger charge is 2.11. The molecule has 8 heteroatoms.